The molecule has 12 saturated heterocycles. The van der Waals surface area contributed by atoms with Crippen LogP contribution in [0.4, 0.5) is 0 Å². The number of fused-ring (bicyclic) bond motifs is 6. The summed E-state index contributed by atoms with van der Waals surface area (Å²) in [7, 11) is 5.63. The van der Waals surface area contributed by atoms with Gasteiger partial charge in [-0.1, -0.05) is 0 Å². The third-order valence-corrected chi connectivity index (χ3v) is 20.5. The summed E-state index contributed by atoms with van der Waals surface area (Å²) in [4.78, 5) is 87.9. The van der Waals surface area contributed by atoms with Crippen molar-refractivity contribution in [1.82, 2.24) is 26.6 Å². The summed E-state index contributed by atoms with van der Waals surface area (Å²) >= 11 is 0. The lowest BCUT2D eigenvalue weighted by Gasteiger charge is -2.33. The van der Waals surface area contributed by atoms with Gasteiger partial charge in [-0.15, -0.1) is 0 Å². The van der Waals surface area contributed by atoms with Crippen LogP contribution in [0, 0.1) is 0 Å². The molecule has 12 aliphatic rings. The van der Waals surface area contributed by atoms with Crippen LogP contribution in [0.2, 0.25) is 0 Å². The SMILES string of the molecule is CO[C@H]1O[C@H]([C@H](CC(=O)N[C@H](CC(=O)O)[C@H]2O[C@H](OC)[C@H]3OC(C)(C)O[C@H]32)NC(=O)C[C@@H](NC(=O)C[C@H](NC(=O)C[C@@H](NC(=O)C[C@H](N)[C@H]2O[C@H](CN)[C@H]3OC(C)(C)O[C@@H]23)[C@H]2O[C@H](OC)[C@H]3OC(C)(C)O[C@H]32)[C@H]2O[C@H](OC)[C@H]3OC(C)(C)O[C@H]32)[C@H]2O[C@H](CN)[C@H]3OC(C)(C)O[C@@H]23)[C@@H]2OC(C)(C)O[C@H]12. The van der Waals surface area contributed by atoms with Crippen molar-refractivity contribution in [2.45, 2.75) is 340 Å². The normalized spacial score (nSPS) is 41.6. The predicted molar refractivity (Wildman–Crippen MR) is 344 cm³/mol. The van der Waals surface area contributed by atoms with Crippen molar-refractivity contribution in [3.8, 4) is 0 Å². The Kier molecular flexibility index (Phi) is 22.8. The van der Waals surface area contributed by atoms with Crippen molar-refractivity contribution >= 4 is 35.5 Å². The topological polar surface area (TPSA) is 464 Å². The predicted octanol–water partition coefficient (Wildman–Crippen LogP) is -2.78. The number of nitrogens with two attached hydrogens (primary N) is 3. The van der Waals surface area contributed by atoms with E-state index in [1.54, 1.807) is 83.1 Å². The van der Waals surface area contributed by atoms with Crippen LogP contribution in [0.15, 0.2) is 0 Å². The van der Waals surface area contributed by atoms with Crippen LogP contribution in [0.25, 0.3) is 0 Å². The number of aliphatic carboxylic acids is 1. The molecule has 0 spiro atoms. The number of hydrogen-bond acceptors (Lipinski definition) is 31. The van der Waals surface area contributed by atoms with Crippen LogP contribution >= 0.6 is 0 Å². The monoisotopic (exact) mass is 1470 g/mol. The third-order valence-electron chi connectivity index (χ3n) is 20.5. The first kappa shape index (κ1) is 78.4. The van der Waals surface area contributed by atoms with E-state index in [2.05, 4.69) is 26.6 Å². The van der Waals surface area contributed by atoms with E-state index in [9.17, 15) is 19.5 Å². The number of amides is 5. The van der Waals surface area contributed by atoms with Gasteiger partial charge in [0.2, 0.25) is 29.5 Å². The molecule has 37 heteroatoms. The van der Waals surface area contributed by atoms with Crippen molar-refractivity contribution in [1.29, 1.82) is 0 Å². The average Bonchev–Trinajstić information content (AvgIpc) is 1.64. The summed E-state index contributed by atoms with van der Waals surface area (Å²) in [5, 5.41) is 25.1. The minimum Gasteiger partial charge on any atom is -0.481 e. The summed E-state index contributed by atoms with van der Waals surface area (Å²) in [5.74, 6) is -11.6. The number of carbonyl (C=O) groups excluding carboxylic acids is 5. The van der Waals surface area contributed by atoms with Gasteiger partial charge in [0, 0.05) is 79.7 Å². The van der Waals surface area contributed by atoms with Gasteiger partial charge in [0.25, 0.3) is 0 Å². The number of rotatable bonds is 29. The molecule has 0 aromatic rings. The van der Waals surface area contributed by atoms with E-state index in [1.807, 2.05) is 0 Å². The molecule has 12 heterocycles. The summed E-state index contributed by atoms with van der Waals surface area (Å²) in [6, 6.07) is -7.29. The van der Waals surface area contributed by atoms with Crippen molar-refractivity contribution in [2.24, 2.45) is 17.2 Å². The van der Waals surface area contributed by atoms with Crippen LogP contribution in [-0.2, 0) is 133 Å². The number of methoxy groups -OCH3 is 4. The lowest BCUT2D eigenvalue weighted by atomic mass is 9.95. The number of ether oxygens (including phenoxy) is 22. The fourth-order valence-corrected chi connectivity index (χ4v) is 16.8. The van der Waals surface area contributed by atoms with Crippen molar-refractivity contribution < 1.29 is 138 Å². The Balaban J connectivity index is 0.821. The van der Waals surface area contributed by atoms with Crippen LogP contribution in [0.1, 0.15) is 122 Å². The van der Waals surface area contributed by atoms with Gasteiger partial charge < -0.3 is 153 Å². The van der Waals surface area contributed by atoms with Crippen LogP contribution in [0.3, 0.4) is 0 Å². The molecule has 103 heavy (non-hydrogen) atoms. The minimum absolute atomic E-state index is 0.0612. The molecule has 12 rings (SSSR count). The first-order valence-corrected chi connectivity index (χ1v) is 35.4. The molecule has 0 aromatic heterocycles. The van der Waals surface area contributed by atoms with E-state index in [0.717, 1.165) is 0 Å². The standard InChI is InChI=1S/C66H106N8O29/c1-61(2)92-45-31(23-67)86-39(47(45)94-61)25(69)17-33(75)70-27(41-49-53(57(82-13)88-41)100-63(5,6)96-49)19-36(78)73-28(42-50-54(58(83-14)89-42)101-64(7,8)97-50)20-35(77)71-26(40-48-46(32(24-68)87-40)93-62(3,4)95-48)18-34(76)72-29(43-51-55(59(84-15)90-43)102-65(9,10)98-51)21-37(79)74-30(22-38(80)81)44-52-56(60(85-16)91-44)103-66(11,12)99-52/h25-32,39-60H,17-24,67-69H2,1-16H3,(H,70,75)(H,71,77)(H,72,76)(H,73,78)(H,74,79)(H,80,81)/t25-,26+,27+,28-,29-,30+,31+,32+,39+,40+,41+,42+,43+,44+,45+,46+,47-,48-,49-,50-,51-,52-,53-,54-,55-,56-,57-,58-,59-,60-/m0/s1. The molecule has 37 nitrogen and oxygen atoms in total. The Hall–Kier alpha value is -4.18. The highest BCUT2D eigenvalue weighted by atomic mass is 16.8. The molecule has 0 radical (unpaired) electrons. The van der Waals surface area contributed by atoms with E-state index >= 15 is 14.4 Å². The third kappa shape index (κ3) is 16.7. The van der Waals surface area contributed by atoms with Gasteiger partial charge in [0.05, 0.1) is 48.8 Å². The van der Waals surface area contributed by atoms with E-state index in [0.29, 0.717) is 0 Å². The molecule has 0 aromatic carbocycles. The minimum atomic E-state index is -1.31. The summed E-state index contributed by atoms with van der Waals surface area (Å²) < 4.78 is 136. The van der Waals surface area contributed by atoms with Crippen molar-refractivity contribution in [3.63, 3.8) is 0 Å². The van der Waals surface area contributed by atoms with Crippen LogP contribution < -0.4 is 43.8 Å². The van der Waals surface area contributed by atoms with Gasteiger partial charge >= 0.3 is 5.97 Å². The van der Waals surface area contributed by atoms with Gasteiger partial charge in [0.1, 0.15) is 110 Å². The van der Waals surface area contributed by atoms with Gasteiger partial charge in [-0.3, -0.25) is 28.8 Å². The highest BCUT2D eigenvalue weighted by Crippen LogP contribution is 2.47. The summed E-state index contributed by atoms with van der Waals surface area (Å²) in [6.07, 6.45) is -24.9. The zero-order valence-corrected chi connectivity index (χ0v) is 61.1. The zero-order valence-electron chi connectivity index (χ0n) is 61.1. The quantitative estimate of drug-likeness (QED) is 0.0366. The molecule has 5 amide bonds. The second kappa shape index (κ2) is 30.0. The van der Waals surface area contributed by atoms with Crippen LogP contribution in [0.5, 0.6) is 0 Å². The van der Waals surface area contributed by atoms with Crippen molar-refractivity contribution in [2.75, 3.05) is 41.5 Å². The van der Waals surface area contributed by atoms with Gasteiger partial charge in [-0.05, 0) is 83.1 Å². The Labute approximate surface area is 596 Å². The molecule has 0 saturated carbocycles. The Bertz CT molecular complexity index is 3080. The largest absolute Gasteiger partial charge is 0.481 e. The molecule has 0 aliphatic carbocycles. The Morgan fingerprint density at radius 2 is 0.524 bits per heavy atom. The second-order valence-electron chi connectivity index (χ2n) is 31.1. The Morgan fingerprint density at radius 1 is 0.320 bits per heavy atom. The first-order valence-electron chi connectivity index (χ1n) is 35.4. The van der Waals surface area contributed by atoms with Crippen LogP contribution in [-0.4, -0.2) is 300 Å². The smallest absolute Gasteiger partial charge is 0.305 e. The molecule has 0 bridgehead atoms. The number of carboxylic acids is 1. The Morgan fingerprint density at radius 3 is 0.777 bits per heavy atom. The number of hydrogen-bond donors (Lipinski definition) is 9. The van der Waals surface area contributed by atoms with E-state index in [1.165, 1.54) is 28.4 Å². The van der Waals surface area contributed by atoms with E-state index in [-0.39, 0.29) is 19.5 Å². The van der Waals surface area contributed by atoms with Gasteiger partial charge in [0.15, 0.2) is 59.9 Å². The highest BCUT2D eigenvalue weighted by molar-refractivity contribution is 5.84. The molecule has 12 fully saturated rings. The highest BCUT2D eigenvalue weighted by Gasteiger charge is 2.65. The molecular weight excluding hydrogens is 1370 g/mol. The maximum absolute atomic E-state index is 15.5. The molecule has 30 atom stereocenters. The second-order valence-corrected chi connectivity index (χ2v) is 31.1. The van der Waals surface area contributed by atoms with E-state index in [4.69, 9.17) is 121 Å². The average molecular weight is 1480 g/mol. The molecule has 0 unspecified atom stereocenters. The lowest BCUT2D eigenvalue weighted by molar-refractivity contribution is -0.230. The maximum Gasteiger partial charge on any atom is 0.305 e. The fraction of sp³-hybridized carbons (Fsp3) is 0.909. The van der Waals surface area contributed by atoms with E-state index < -0.39 is 286 Å². The number of carboxylic acid groups (broad SMARTS) is 1. The number of nitrogens with one attached hydrogen (secondary N) is 5. The molecular formula is C66H106N8O29. The summed E-state index contributed by atoms with van der Waals surface area (Å²) in [5.41, 5.74) is 19.2. The zero-order chi connectivity index (χ0) is 74.5. The van der Waals surface area contributed by atoms with Crippen molar-refractivity contribution in [3.05, 3.63) is 0 Å². The fourth-order valence-electron chi connectivity index (χ4n) is 16.8. The summed E-state index contributed by atoms with van der Waals surface area (Å²) in [6.45, 7) is 20.5. The molecule has 584 valence electrons. The van der Waals surface area contributed by atoms with Gasteiger partial charge in [-0.2, -0.15) is 0 Å². The molecule has 12 N–H and O–H groups in total. The van der Waals surface area contributed by atoms with Gasteiger partial charge in [-0.25, -0.2) is 0 Å². The maximum atomic E-state index is 15.5. The first-order chi connectivity index (χ1) is 48.3. The lowest BCUT2D eigenvalue weighted by Crippen LogP contribution is -2.57. The number of carbonyl (C=O) groups is 6. The molecule has 12 aliphatic heterocycles.